The van der Waals surface area contributed by atoms with Crippen LogP contribution in [0.1, 0.15) is 24.0 Å². The summed E-state index contributed by atoms with van der Waals surface area (Å²) in [6.45, 7) is 0.133. The Morgan fingerprint density at radius 3 is 2.71 bits per heavy atom. The first-order chi connectivity index (χ1) is 8.01. The lowest BCUT2D eigenvalue weighted by Crippen LogP contribution is -2.21. The predicted octanol–water partition coefficient (Wildman–Crippen LogP) is 2.85. The zero-order chi connectivity index (χ0) is 12.6. The molecular weight excluding hydrogens is 291 g/mol. The normalized spacial score (nSPS) is 16.9. The molecule has 1 aromatic rings. The first-order valence-corrected chi connectivity index (χ1v) is 6.01. The van der Waals surface area contributed by atoms with Crippen LogP contribution < -0.4 is 0 Å². The summed E-state index contributed by atoms with van der Waals surface area (Å²) in [5.74, 6) is -1.42. The van der Waals surface area contributed by atoms with Crippen molar-refractivity contribution in [2.45, 2.75) is 24.9 Å². The number of halogens is 2. The van der Waals surface area contributed by atoms with Gasteiger partial charge in [-0.15, -0.1) is 0 Å². The summed E-state index contributed by atoms with van der Waals surface area (Å²) in [5.41, 5.74) is -0.396. The summed E-state index contributed by atoms with van der Waals surface area (Å²) in [4.78, 5) is 11.2. The summed E-state index contributed by atoms with van der Waals surface area (Å²) < 4.78 is 19.7. The van der Waals surface area contributed by atoms with E-state index in [-0.39, 0.29) is 12.2 Å². The van der Waals surface area contributed by atoms with Gasteiger partial charge in [0.1, 0.15) is 5.82 Å². The molecule has 0 heterocycles. The quantitative estimate of drug-likeness (QED) is 0.930. The lowest BCUT2D eigenvalue weighted by Gasteiger charge is -2.14. The Hall–Kier alpha value is -0.940. The van der Waals surface area contributed by atoms with E-state index in [9.17, 15) is 14.3 Å². The van der Waals surface area contributed by atoms with Crippen LogP contribution in [0.25, 0.3) is 0 Å². The van der Waals surface area contributed by atoms with E-state index in [1.54, 1.807) is 12.1 Å². The molecule has 1 aromatic carbocycles. The highest BCUT2D eigenvalue weighted by atomic mass is 79.9. The Morgan fingerprint density at radius 1 is 1.59 bits per heavy atom. The van der Waals surface area contributed by atoms with Gasteiger partial charge in [-0.2, -0.15) is 0 Å². The van der Waals surface area contributed by atoms with Crippen LogP contribution in [0.15, 0.2) is 16.6 Å². The van der Waals surface area contributed by atoms with Gasteiger partial charge in [0.15, 0.2) is 0 Å². The predicted molar refractivity (Wildman–Crippen MR) is 63.4 cm³/mol. The summed E-state index contributed by atoms with van der Waals surface area (Å²) in [7, 11) is 1.48. The number of ether oxygens (including phenoxy) is 1. The van der Waals surface area contributed by atoms with Gasteiger partial charge in [-0.1, -0.05) is 15.9 Å². The second-order valence-corrected chi connectivity index (χ2v) is 5.16. The highest BCUT2D eigenvalue weighted by molar-refractivity contribution is 9.10. The molecule has 0 saturated heterocycles. The molecule has 0 amide bonds. The summed E-state index contributed by atoms with van der Waals surface area (Å²) >= 11 is 3.27. The van der Waals surface area contributed by atoms with Crippen LogP contribution in [0.5, 0.6) is 0 Å². The summed E-state index contributed by atoms with van der Waals surface area (Å²) in [6.07, 6.45) is 0.976. The molecule has 3 nitrogen and oxygen atoms in total. The van der Waals surface area contributed by atoms with Gasteiger partial charge in [-0.25, -0.2) is 4.39 Å². The first kappa shape index (κ1) is 12.5. The van der Waals surface area contributed by atoms with E-state index < -0.39 is 17.2 Å². The van der Waals surface area contributed by atoms with Gasteiger partial charge in [0.2, 0.25) is 0 Å². The Labute approximate surface area is 107 Å². The van der Waals surface area contributed by atoms with Crippen LogP contribution in [0.2, 0.25) is 0 Å². The van der Waals surface area contributed by atoms with Crippen molar-refractivity contribution in [3.05, 3.63) is 33.5 Å². The number of benzene rings is 1. The highest BCUT2D eigenvalue weighted by Crippen LogP contribution is 2.50. The molecule has 0 atom stereocenters. The maximum atomic E-state index is 14.2. The number of carbonyl (C=O) groups is 1. The van der Waals surface area contributed by atoms with Gasteiger partial charge in [0.05, 0.1) is 12.0 Å². The van der Waals surface area contributed by atoms with Gasteiger partial charge in [0, 0.05) is 22.7 Å². The number of rotatable bonds is 4. The van der Waals surface area contributed by atoms with Crippen molar-refractivity contribution in [3.63, 3.8) is 0 Å². The van der Waals surface area contributed by atoms with Crippen LogP contribution in [-0.4, -0.2) is 18.2 Å². The second kappa shape index (κ2) is 4.38. The summed E-state index contributed by atoms with van der Waals surface area (Å²) in [6, 6.07) is 3.16. The molecule has 1 N–H and O–H groups in total. The van der Waals surface area contributed by atoms with Crippen LogP contribution >= 0.6 is 15.9 Å². The molecule has 0 bridgehead atoms. The number of hydrogen-bond acceptors (Lipinski definition) is 2. The van der Waals surface area contributed by atoms with Crippen LogP contribution in [0, 0.1) is 5.82 Å². The Kier molecular flexibility index (Phi) is 3.23. The minimum Gasteiger partial charge on any atom is -0.481 e. The van der Waals surface area contributed by atoms with E-state index in [0.29, 0.717) is 22.9 Å². The fourth-order valence-corrected chi connectivity index (χ4v) is 2.48. The van der Waals surface area contributed by atoms with Gasteiger partial charge < -0.3 is 9.84 Å². The van der Waals surface area contributed by atoms with E-state index in [1.807, 2.05) is 0 Å². The minimum atomic E-state index is -1.03. The average Bonchev–Trinajstić information content (AvgIpc) is 3.04. The van der Waals surface area contributed by atoms with Crippen LogP contribution in [-0.2, 0) is 21.6 Å². The second-order valence-electron chi connectivity index (χ2n) is 4.25. The number of carboxylic acids is 1. The Bertz CT molecular complexity index is 469. The van der Waals surface area contributed by atoms with Crippen molar-refractivity contribution in [1.29, 1.82) is 0 Å². The summed E-state index contributed by atoms with van der Waals surface area (Å²) in [5, 5.41) is 9.18. The molecule has 0 radical (unpaired) electrons. The molecular formula is C12H12BrFO3. The molecule has 0 unspecified atom stereocenters. The van der Waals surface area contributed by atoms with E-state index >= 15 is 0 Å². The third kappa shape index (κ3) is 2.09. The van der Waals surface area contributed by atoms with Gasteiger partial charge in [-0.3, -0.25) is 4.79 Å². The molecule has 1 aliphatic rings. The van der Waals surface area contributed by atoms with E-state index in [4.69, 9.17) is 4.74 Å². The van der Waals surface area contributed by atoms with Crippen molar-refractivity contribution in [3.8, 4) is 0 Å². The van der Waals surface area contributed by atoms with Crippen molar-refractivity contribution in [2.75, 3.05) is 7.11 Å². The molecule has 0 aromatic heterocycles. The largest absolute Gasteiger partial charge is 0.481 e. The maximum absolute atomic E-state index is 14.2. The van der Waals surface area contributed by atoms with E-state index in [0.717, 1.165) is 0 Å². The molecule has 17 heavy (non-hydrogen) atoms. The topological polar surface area (TPSA) is 46.5 Å². The maximum Gasteiger partial charge on any atom is 0.314 e. The lowest BCUT2D eigenvalue weighted by atomic mass is 9.94. The van der Waals surface area contributed by atoms with Crippen LogP contribution in [0.4, 0.5) is 4.39 Å². The lowest BCUT2D eigenvalue weighted by molar-refractivity contribution is -0.140. The molecule has 1 saturated carbocycles. The molecule has 1 fully saturated rings. The smallest absolute Gasteiger partial charge is 0.314 e. The zero-order valence-corrected chi connectivity index (χ0v) is 10.9. The fourth-order valence-electron chi connectivity index (χ4n) is 1.98. The van der Waals surface area contributed by atoms with Crippen molar-refractivity contribution >= 4 is 21.9 Å². The Balaban J connectivity index is 2.51. The van der Waals surface area contributed by atoms with Gasteiger partial charge in [-0.05, 0) is 25.0 Å². The van der Waals surface area contributed by atoms with Crippen molar-refractivity contribution in [1.82, 2.24) is 0 Å². The number of hydrogen-bond donors (Lipinski definition) is 1. The Morgan fingerprint density at radius 2 is 2.24 bits per heavy atom. The molecule has 2 rings (SSSR count). The van der Waals surface area contributed by atoms with Gasteiger partial charge >= 0.3 is 5.97 Å². The molecule has 92 valence electrons. The third-order valence-corrected chi connectivity index (χ3v) is 3.55. The minimum absolute atomic E-state index is 0.133. The number of carboxylic acid groups (broad SMARTS) is 1. The number of aliphatic carboxylic acids is 1. The highest BCUT2D eigenvalue weighted by Gasteiger charge is 2.53. The standard InChI is InChI=1S/C12H12BrFO3/c1-17-6-7-4-8(13)5-9(10(7)14)12(2-3-12)11(15)16/h4-5H,2-3,6H2,1H3,(H,15,16). The first-order valence-electron chi connectivity index (χ1n) is 5.22. The average molecular weight is 303 g/mol. The molecule has 5 heteroatoms. The zero-order valence-electron chi connectivity index (χ0n) is 9.30. The van der Waals surface area contributed by atoms with Gasteiger partial charge in [0.25, 0.3) is 0 Å². The molecule has 1 aliphatic carbocycles. The van der Waals surface area contributed by atoms with E-state index in [2.05, 4.69) is 15.9 Å². The fraction of sp³-hybridized carbons (Fsp3) is 0.417. The van der Waals surface area contributed by atoms with E-state index in [1.165, 1.54) is 7.11 Å². The van der Waals surface area contributed by atoms with Crippen molar-refractivity contribution < 1.29 is 19.0 Å². The van der Waals surface area contributed by atoms with Crippen molar-refractivity contribution in [2.24, 2.45) is 0 Å². The molecule has 0 aliphatic heterocycles. The third-order valence-electron chi connectivity index (χ3n) is 3.09. The van der Waals surface area contributed by atoms with Crippen LogP contribution in [0.3, 0.4) is 0 Å². The monoisotopic (exact) mass is 302 g/mol. The molecule has 0 spiro atoms. The number of methoxy groups -OCH3 is 1. The SMILES string of the molecule is COCc1cc(Br)cc(C2(C(=O)O)CC2)c1F.